The van der Waals surface area contributed by atoms with Gasteiger partial charge in [-0.05, 0) is 24.3 Å². The Bertz CT molecular complexity index is 518. The minimum atomic E-state index is -0.0350. The van der Waals surface area contributed by atoms with Crippen molar-refractivity contribution in [1.82, 2.24) is 0 Å². The molecule has 0 aliphatic heterocycles. The second-order valence-corrected chi connectivity index (χ2v) is 3.50. The predicted molar refractivity (Wildman–Crippen MR) is 65.6 cm³/mol. The van der Waals surface area contributed by atoms with Crippen LogP contribution in [0.5, 0.6) is 0 Å². The maximum atomic E-state index is 12.0. The zero-order valence-corrected chi connectivity index (χ0v) is 9.01. The van der Waals surface area contributed by atoms with Crippen LogP contribution in [0.1, 0.15) is 15.9 Å². The number of anilines is 1. The van der Waals surface area contributed by atoms with Crippen molar-refractivity contribution in [2.45, 2.75) is 0 Å². The molecule has 1 amide bonds. The zero-order valence-electron chi connectivity index (χ0n) is 9.01. The molecule has 3 nitrogen and oxygen atoms in total. The quantitative estimate of drug-likeness (QED) is 0.640. The minimum Gasteiger partial charge on any atom is -0.318 e. The fourth-order valence-corrected chi connectivity index (χ4v) is 1.52. The molecule has 0 unspecified atom stereocenters. The van der Waals surface area contributed by atoms with Gasteiger partial charge < -0.3 is 5.32 Å². The van der Waals surface area contributed by atoms with Gasteiger partial charge in [-0.2, -0.15) is 0 Å². The first-order chi connectivity index (χ1) is 8.31. The largest absolute Gasteiger partial charge is 0.318 e. The highest BCUT2D eigenvalue weighted by Gasteiger charge is 2.07. The summed E-state index contributed by atoms with van der Waals surface area (Å²) in [6, 6.07) is 15.7. The van der Waals surface area contributed by atoms with Crippen molar-refractivity contribution in [3.63, 3.8) is 0 Å². The summed E-state index contributed by atoms with van der Waals surface area (Å²) in [7, 11) is 0. The normalized spacial score (nSPS) is 9.65. The molecule has 0 aliphatic carbocycles. The van der Waals surface area contributed by atoms with Gasteiger partial charge in [0.05, 0.1) is 0 Å². The topological polar surface area (TPSA) is 46.2 Å². The monoisotopic (exact) mass is 224 g/mol. The molecule has 0 saturated heterocycles. The number of nitrogens with one attached hydrogen (secondary N) is 1. The second kappa shape index (κ2) is 5.07. The van der Waals surface area contributed by atoms with Gasteiger partial charge in [0.15, 0.2) is 5.78 Å². The number of carbonyl (C=O) groups excluding carboxylic acids is 2. The fourth-order valence-electron chi connectivity index (χ4n) is 1.52. The highest BCUT2D eigenvalue weighted by atomic mass is 16.1. The van der Waals surface area contributed by atoms with E-state index in [9.17, 15) is 9.59 Å². The second-order valence-electron chi connectivity index (χ2n) is 3.50. The van der Waals surface area contributed by atoms with Gasteiger partial charge in [-0.15, -0.1) is 0 Å². The van der Waals surface area contributed by atoms with E-state index in [0.717, 1.165) is 0 Å². The molecular formula is C14H10NO2. The van der Waals surface area contributed by atoms with Gasteiger partial charge in [0, 0.05) is 16.8 Å². The van der Waals surface area contributed by atoms with Gasteiger partial charge in [-0.25, -0.2) is 0 Å². The molecule has 0 atom stereocenters. The Kier molecular flexibility index (Phi) is 3.31. The molecule has 0 bridgehead atoms. The Hall–Kier alpha value is -2.42. The van der Waals surface area contributed by atoms with Crippen LogP contribution in [0.25, 0.3) is 0 Å². The minimum absolute atomic E-state index is 0.0350. The maximum Gasteiger partial charge on any atom is 0.314 e. The first-order valence-corrected chi connectivity index (χ1v) is 5.14. The lowest BCUT2D eigenvalue weighted by molar-refractivity contribution is 0.103. The SMILES string of the molecule is O=[C]Nc1ccc(C(=O)c2ccccc2)cc1. The van der Waals surface area contributed by atoms with E-state index >= 15 is 0 Å². The summed E-state index contributed by atoms with van der Waals surface area (Å²) in [5.74, 6) is -0.0350. The van der Waals surface area contributed by atoms with Crippen LogP contribution in [-0.2, 0) is 4.79 Å². The van der Waals surface area contributed by atoms with Crippen LogP contribution in [0.15, 0.2) is 54.6 Å². The maximum absolute atomic E-state index is 12.0. The molecule has 0 spiro atoms. The molecule has 0 fully saturated rings. The number of amides is 1. The highest BCUT2D eigenvalue weighted by Crippen LogP contribution is 2.13. The Morgan fingerprint density at radius 1 is 0.882 bits per heavy atom. The average Bonchev–Trinajstić information content (AvgIpc) is 2.40. The first-order valence-electron chi connectivity index (χ1n) is 5.14. The molecule has 2 rings (SSSR count). The molecule has 2 aromatic rings. The van der Waals surface area contributed by atoms with E-state index in [1.807, 2.05) is 18.2 Å². The molecule has 0 aromatic heterocycles. The van der Waals surface area contributed by atoms with Gasteiger partial charge in [-0.1, -0.05) is 30.3 Å². The Balaban J connectivity index is 2.23. The van der Waals surface area contributed by atoms with Gasteiger partial charge in [0.2, 0.25) is 0 Å². The average molecular weight is 224 g/mol. The summed E-state index contributed by atoms with van der Waals surface area (Å²) in [4.78, 5) is 22.1. The molecule has 0 heterocycles. The summed E-state index contributed by atoms with van der Waals surface area (Å²) in [5, 5.41) is 2.40. The lowest BCUT2D eigenvalue weighted by Gasteiger charge is -2.02. The van der Waals surface area contributed by atoms with E-state index in [1.54, 1.807) is 42.8 Å². The Labute approximate surface area is 99.1 Å². The summed E-state index contributed by atoms with van der Waals surface area (Å²) in [6.45, 7) is 0. The summed E-state index contributed by atoms with van der Waals surface area (Å²) < 4.78 is 0. The van der Waals surface area contributed by atoms with E-state index in [0.29, 0.717) is 16.8 Å². The van der Waals surface area contributed by atoms with Crippen molar-refractivity contribution in [3.8, 4) is 0 Å². The van der Waals surface area contributed by atoms with Crippen molar-refractivity contribution in [1.29, 1.82) is 0 Å². The van der Waals surface area contributed by atoms with E-state index < -0.39 is 0 Å². The zero-order chi connectivity index (χ0) is 12.1. The molecule has 1 radical (unpaired) electrons. The summed E-state index contributed by atoms with van der Waals surface area (Å²) >= 11 is 0. The molecule has 2 aromatic carbocycles. The molecule has 0 aliphatic rings. The summed E-state index contributed by atoms with van der Waals surface area (Å²) in [6.07, 6.45) is 1.58. The van der Waals surface area contributed by atoms with Crippen LogP contribution in [0, 0.1) is 0 Å². The fraction of sp³-hybridized carbons (Fsp3) is 0. The third-order valence-corrected chi connectivity index (χ3v) is 2.38. The van der Waals surface area contributed by atoms with Gasteiger partial charge in [-0.3, -0.25) is 9.59 Å². The number of ketones is 1. The van der Waals surface area contributed by atoms with E-state index in [4.69, 9.17) is 0 Å². The molecule has 3 heteroatoms. The summed E-state index contributed by atoms with van der Waals surface area (Å²) in [5.41, 5.74) is 1.85. The van der Waals surface area contributed by atoms with Crippen LogP contribution in [-0.4, -0.2) is 12.2 Å². The van der Waals surface area contributed by atoms with Crippen LogP contribution >= 0.6 is 0 Å². The van der Waals surface area contributed by atoms with Crippen molar-refractivity contribution < 1.29 is 9.59 Å². The predicted octanol–water partition coefficient (Wildman–Crippen LogP) is 2.40. The van der Waals surface area contributed by atoms with Gasteiger partial charge in [0.1, 0.15) is 0 Å². The number of hydrogen-bond donors (Lipinski definition) is 1. The molecule has 17 heavy (non-hydrogen) atoms. The van der Waals surface area contributed by atoms with Crippen molar-refractivity contribution >= 4 is 17.9 Å². The Morgan fingerprint density at radius 3 is 2.06 bits per heavy atom. The van der Waals surface area contributed by atoms with Crippen LogP contribution in [0.4, 0.5) is 5.69 Å². The van der Waals surface area contributed by atoms with E-state index in [-0.39, 0.29) is 5.78 Å². The lowest BCUT2D eigenvalue weighted by Crippen LogP contribution is -2.01. The number of rotatable bonds is 4. The van der Waals surface area contributed by atoms with Crippen molar-refractivity contribution in [2.24, 2.45) is 0 Å². The van der Waals surface area contributed by atoms with E-state index in [1.165, 1.54) is 0 Å². The van der Waals surface area contributed by atoms with Crippen molar-refractivity contribution in [3.05, 3.63) is 65.7 Å². The van der Waals surface area contributed by atoms with Crippen LogP contribution < -0.4 is 5.32 Å². The molecule has 83 valence electrons. The third-order valence-electron chi connectivity index (χ3n) is 2.38. The van der Waals surface area contributed by atoms with Gasteiger partial charge in [0.25, 0.3) is 0 Å². The number of carbonyl (C=O) groups is 1. The number of hydrogen-bond acceptors (Lipinski definition) is 2. The van der Waals surface area contributed by atoms with Crippen LogP contribution in [0.2, 0.25) is 0 Å². The molecular weight excluding hydrogens is 214 g/mol. The molecule has 1 N–H and O–H groups in total. The number of benzene rings is 2. The highest BCUT2D eigenvalue weighted by molar-refractivity contribution is 6.09. The van der Waals surface area contributed by atoms with Crippen molar-refractivity contribution in [2.75, 3.05) is 5.32 Å². The first kappa shape index (κ1) is 11.1. The van der Waals surface area contributed by atoms with E-state index in [2.05, 4.69) is 5.32 Å². The van der Waals surface area contributed by atoms with Crippen LogP contribution in [0.3, 0.4) is 0 Å². The third kappa shape index (κ3) is 2.58. The molecule has 0 saturated carbocycles. The lowest BCUT2D eigenvalue weighted by atomic mass is 10.0. The van der Waals surface area contributed by atoms with Gasteiger partial charge >= 0.3 is 6.41 Å². The standard InChI is InChI=1S/C14H10NO2/c16-10-15-13-8-6-12(7-9-13)14(17)11-4-2-1-3-5-11/h1-9H,(H,15,16). The Morgan fingerprint density at radius 2 is 1.47 bits per heavy atom. The smallest absolute Gasteiger partial charge is 0.314 e.